The minimum Gasteiger partial charge on any atom is -0.463 e. The fourth-order valence-electron chi connectivity index (χ4n) is 9.69. The van der Waals surface area contributed by atoms with E-state index in [1.165, 1.54) is 72.9 Å². The number of Topliss-reactive ketones (excluding diaryl/α,β-unsaturated/α-hetero) is 1. The summed E-state index contributed by atoms with van der Waals surface area (Å²) in [5.41, 5.74) is 7.52. The van der Waals surface area contributed by atoms with E-state index in [1.807, 2.05) is 104 Å². The van der Waals surface area contributed by atoms with Gasteiger partial charge in [-0.15, -0.1) is 66.9 Å². The number of oxazole rings is 1. The van der Waals surface area contributed by atoms with Crippen molar-refractivity contribution in [2.24, 2.45) is 0 Å². The first kappa shape index (κ1) is 66.1. The number of fused-ring (bicyclic) bond motifs is 4. The predicted molar refractivity (Wildman–Crippen MR) is 367 cm³/mol. The lowest BCUT2D eigenvalue weighted by atomic mass is 10.1. The molecule has 0 bridgehead atoms. The van der Waals surface area contributed by atoms with Crippen LogP contribution in [-0.4, -0.2) is 138 Å². The molecule has 0 amide bonds. The van der Waals surface area contributed by atoms with Gasteiger partial charge in [-0.25, -0.2) is 44.3 Å². The number of aromatic nitrogens is 14. The monoisotopic (exact) mass is 1430 g/mol. The van der Waals surface area contributed by atoms with Crippen molar-refractivity contribution in [2.75, 3.05) is 21.3 Å². The van der Waals surface area contributed by atoms with Gasteiger partial charge in [0, 0.05) is 103 Å². The van der Waals surface area contributed by atoms with Crippen LogP contribution >= 0.6 is 56.7 Å². The van der Waals surface area contributed by atoms with Crippen LogP contribution in [0.2, 0.25) is 0 Å². The minimum absolute atomic E-state index is 0.0185. The van der Waals surface area contributed by atoms with Gasteiger partial charge < -0.3 is 47.5 Å². The molecule has 0 aliphatic heterocycles. The van der Waals surface area contributed by atoms with Gasteiger partial charge in [-0.2, -0.15) is 4.98 Å². The third-order valence-corrected chi connectivity index (χ3v) is 19.0. The highest BCUT2D eigenvalue weighted by atomic mass is 32.1. The zero-order valence-corrected chi connectivity index (χ0v) is 56.0. The second kappa shape index (κ2) is 29.0. The summed E-state index contributed by atoms with van der Waals surface area (Å²) < 4.78 is 28.9. The molecule has 16 rings (SSSR count). The second-order valence-electron chi connectivity index (χ2n) is 20.6. The maximum Gasteiger partial charge on any atom is 0.397 e. The van der Waals surface area contributed by atoms with E-state index < -0.39 is 17.9 Å². The summed E-state index contributed by atoms with van der Waals surface area (Å²) in [6.45, 7) is 1.82. The SMILES string of the molecule is CCC(=O)c1cnc(-c2csc(C(=O)c3c[nH]c4ccccc34)n2)s1.COC(=O)c1cnc(-c2csc(C(=O)c3c[nH]c4ccccc34)n2)o1.COC(=O)c1nc(-c2csc(C(=O)c3c[nH]c4ccccc34)n2)no1.COC(=O)c1nnc(-c2csc(C(=O)c3c[nH]c4ccccc34)n2)o1. The number of H-pyrrole nitrogens is 4. The summed E-state index contributed by atoms with van der Waals surface area (Å²) in [5, 5.41) is 23.1. The number of ether oxygens (including phenoxy) is 3. The van der Waals surface area contributed by atoms with E-state index in [9.17, 15) is 38.4 Å². The summed E-state index contributed by atoms with van der Waals surface area (Å²) in [5.74, 6) is -2.96. The van der Waals surface area contributed by atoms with E-state index in [0.717, 1.165) is 54.9 Å². The Morgan fingerprint density at radius 3 is 1.31 bits per heavy atom. The number of rotatable bonds is 17. The number of benzene rings is 4. The smallest absolute Gasteiger partial charge is 0.397 e. The van der Waals surface area contributed by atoms with Crippen molar-refractivity contribution >= 4 is 147 Å². The molecule has 28 nitrogen and oxygen atoms in total. The Labute approximate surface area is 580 Å². The molecule has 0 aliphatic carbocycles. The van der Waals surface area contributed by atoms with Crippen molar-refractivity contribution in [1.82, 2.24) is 70.2 Å². The highest BCUT2D eigenvalue weighted by Gasteiger charge is 2.26. The number of hydrogen-bond acceptors (Lipinski definition) is 29. The molecule has 4 aromatic carbocycles. The summed E-state index contributed by atoms with van der Waals surface area (Å²) in [4.78, 5) is 139. The topological polar surface area (TPSA) is 396 Å². The van der Waals surface area contributed by atoms with E-state index in [1.54, 1.807) is 52.5 Å². The maximum atomic E-state index is 12.8. The molecule has 100 heavy (non-hydrogen) atoms. The molecule has 0 spiro atoms. The Balaban J connectivity index is 0.000000119. The molecule has 0 aliphatic rings. The number of hydrogen-bond donors (Lipinski definition) is 4. The Morgan fingerprint density at radius 2 is 0.850 bits per heavy atom. The van der Waals surface area contributed by atoms with E-state index in [2.05, 4.69) is 84.4 Å². The van der Waals surface area contributed by atoms with Gasteiger partial charge >= 0.3 is 29.7 Å². The van der Waals surface area contributed by atoms with Crippen molar-refractivity contribution in [3.63, 3.8) is 0 Å². The largest absolute Gasteiger partial charge is 0.463 e. The third kappa shape index (κ3) is 13.6. The number of nitrogens with one attached hydrogen (secondary N) is 4. The molecule has 12 aromatic heterocycles. The van der Waals surface area contributed by atoms with Crippen LogP contribution in [-0.2, 0) is 14.2 Å². The first-order chi connectivity index (χ1) is 48.7. The van der Waals surface area contributed by atoms with Crippen molar-refractivity contribution in [3.05, 3.63) is 220 Å². The average molecular weight is 1430 g/mol. The van der Waals surface area contributed by atoms with Crippen LogP contribution < -0.4 is 0 Å². The molecule has 0 atom stereocenters. The highest BCUT2D eigenvalue weighted by Crippen LogP contribution is 2.32. The Morgan fingerprint density at radius 1 is 0.440 bits per heavy atom. The van der Waals surface area contributed by atoms with Gasteiger partial charge in [-0.3, -0.25) is 24.0 Å². The molecule has 12 heterocycles. The Bertz CT molecular complexity index is 5070. The number of nitrogens with zero attached hydrogens (tertiary/aromatic N) is 10. The van der Waals surface area contributed by atoms with E-state index in [4.69, 9.17) is 13.4 Å². The molecule has 496 valence electrons. The molecule has 16 aromatic rings. The molecule has 0 radical (unpaired) electrons. The lowest BCUT2D eigenvalue weighted by molar-refractivity contribution is 0.0541. The number of methoxy groups -OCH3 is 3. The lowest BCUT2D eigenvalue weighted by Gasteiger charge is -1.95. The number of aromatic amines is 4. The summed E-state index contributed by atoms with van der Waals surface area (Å²) in [6, 6.07) is 30.3. The molecule has 33 heteroatoms. The minimum atomic E-state index is -0.732. The van der Waals surface area contributed by atoms with Crippen LogP contribution in [0, 0.1) is 0 Å². The first-order valence-corrected chi connectivity index (χ1v) is 33.7. The fourth-order valence-corrected chi connectivity index (χ4v) is 13.6. The van der Waals surface area contributed by atoms with Gasteiger partial charge in [-0.05, 0) is 24.3 Å². The van der Waals surface area contributed by atoms with Gasteiger partial charge in [0.15, 0.2) is 25.8 Å². The zero-order chi connectivity index (χ0) is 69.6. The number of ketones is 5. The average Bonchev–Trinajstić information content (AvgIpc) is 1.56. The lowest BCUT2D eigenvalue weighted by Crippen LogP contribution is -2.01. The molecule has 0 saturated heterocycles. The molecule has 4 N–H and O–H groups in total. The van der Waals surface area contributed by atoms with Crippen molar-refractivity contribution in [1.29, 1.82) is 0 Å². The van der Waals surface area contributed by atoms with Crippen molar-refractivity contribution in [3.8, 4) is 45.4 Å². The van der Waals surface area contributed by atoms with E-state index in [-0.39, 0.29) is 69.1 Å². The molecule has 0 unspecified atom stereocenters. The highest BCUT2D eigenvalue weighted by molar-refractivity contribution is 7.17. The number of thiazole rings is 5. The number of esters is 3. The van der Waals surface area contributed by atoms with Crippen molar-refractivity contribution < 1.29 is 65.9 Å². The number of carbonyl (C=O) groups is 8. The molecular formula is C67H44N14O14S5. The third-order valence-electron chi connectivity index (χ3n) is 14.6. The maximum absolute atomic E-state index is 12.8. The molecule has 0 fully saturated rings. The fraction of sp³-hybridized carbons (Fsp3) is 0.0746. The van der Waals surface area contributed by atoms with Crippen LogP contribution in [0.15, 0.2) is 169 Å². The summed E-state index contributed by atoms with van der Waals surface area (Å²) in [7, 11) is 3.69. The van der Waals surface area contributed by atoms with E-state index >= 15 is 0 Å². The zero-order valence-electron chi connectivity index (χ0n) is 51.9. The number of para-hydroxylation sites is 4. The molecule has 0 saturated carbocycles. The predicted octanol–water partition coefficient (Wildman–Crippen LogP) is 13.3. The van der Waals surface area contributed by atoms with Gasteiger partial charge in [0.2, 0.25) is 40.6 Å². The van der Waals surface area contributed by atoms with Crippen LogP contribution in [0.5, 0.6) is 0 Å². The number of carbonyl (C=O) groups excluding carboxylic acids is 8. The van der Waals surface area contributed by atoms with E-state index in [0.29, 0.717) is 76.4 Å². The van der Waals surface area contributed by atoms with Gasteiger partial charge in [0.25, 0.3) is 5.89 Å². The first-order valence-electron chi connectivity index (χ1n) is 29.3. The summed E-state index contributed by atoms with van der Waals surface area (Å²) >= 11 is 6.13. The van der Waals surface area contributed by atoms with Gasteiger partial charge in [-0.1, -0.05) is 84.9 Å². The van der Waals surface area contributed by atoms with Gasteiger partial charge in [0.1, 0.15) is 27.8 Å². The van der Waals surface area contributed by atoms with Crippen LogP contribution in [0.25, 0.3) is 89.0 Å². The Hall–Kier alpha value is -12.6. The van der Waals surface area contributed by atoms with Crippen LogP contribution in [0.4, 0.5) is 0 Å². The Kier molecular flexibility index (Phi) is 19.2. The molecular weight excluding hydrogens is 1390 g/mol. The van der Waals surface area contributed by atoms with Gasteiger partial charge in [0.05, 0.1) is 54.7 Å². The van der Waals surface area contributed by atoms with Crippen LogP contribution in [0.1, 0.15) is 116 Å². The van der Waals surface area contributed by atoms with Crippen LogP contribution in [0.3, 0.4) is 0 Å². The standard InChI is InChI=1S/C18H13N3O2S2.C17H11N3O4S.2C16H10N4O4S/c1-2-14(22)15-8-20-17(25-15)13-9-24-18(21-13)16(23)11-7-19-12-6-4-3-5-10(11)12;1-23-17(22)13-7-19-15(24-13)12-8-25-16(20-12)14(21)10-6-18-11-5-3-2-4-9(10)11;1-23-16(22)14-20-19-13(24-14)11-7-25-15(18-11)12(21)9-6-17-10-5-3-2-4-8(9)10;1-23-16(22)14-19-13(20-24-14)11-7-25-15(18-11)12(21)9-6-17-10-5-3-2-4-8(9)10/h3-9,19H,2H2,1H3;2-8,18H,1H3;2*2-7,17H,1H3. The normalized spacial score (nSPS) is 11.0. The quantitative estimate of drug-likeness (QED) is 0.0374. The van der Waals surface area contributed by atoms with Crippen molar-refractivity contribution in [2.45, 2.75) is 13.3 Å². The second-order valence-corrected chi connectivity index (χ2v) is 25.1. The summed E-state index contributed by atoms with van der Waals surface area (Å²) in [6.07, 6.45) is 10.0.